The van der Waals surface area contributed by atoms with Crippen LogP contribution in [0.15, 0.2) is 24.3 Å². The predicted molar refractivity (Wildman–Crippen MR) is 46.8 cm³/mol. The van der Waals surface area contributed by atoms with Crippen LogP contribution in [0.2, 0.25) is 0 Å². The van der Waals surface area contributed by atoms with Gasteiger partial charge < -0.3 is 5.73 Å². The Morgan fingerprint density at radius 3 is 2.40 bits per heavy atom. The van der Waals surface area contributed by atoms with Crippen molar-refractivity contribution in [1.29, 1.82) is 0 Å². The molecule has 15 heavy (non-hydrogen) atoms. The van der Waals surface area contributed by atoms with Crippen LogP contribution >= 0.6 is 0 Å². The average Bonchev–Trinajstić information content (AvgIpc) is 2.75. The molecule has 2 N–H and O–H groups in total. The lowest BCUT2D eigenvalue weighted by molar-refractivity contribution is -0.137. The molecule has 82 valence electrons. The molecule has 0 amide bonds. The summed E-state index contributed by atoms with van der Waals surface area (Å²) in [6, 6.07) is 3.60. The molecule has 2 rings (SSSR count). The highest BCUT2D eigenvalue weighted by atomic mass is 19.4. The Bertz CT molecular complexity index is 387. The average molecular weight is 219 g/mol. The summed E-state index contributed by atoms with van der Waals surface area (Å²) in [4.78, 5) is 0. The molecule has 1 aromatic rings. The van der Waals surface area contributed by atoms with E-state index < -0.39 is 23.5 Å². The van der Waals surface area contributed by atoms with Crippen molar-refractivity contribution in [3.05, 3.63) is 35.4 Å². The number of benzene rings is 1. The Labute approximate surface area is 83.9 Å². The molecule has 1 aromatic carbocycles. The van der Waals surface area contributed by atoms with E-state index in [0.29, 0.717) is 0 Å². The number of rotatable bonds is 1. The van der Waals surface area contributed by atoms with E-state index in [1.54, 1.807) is 0 Å². The van der Waals surface area contributed by atoms with Crippen LogP contribution in [0.5, 0.6) is 0 Å². The van der Waals surface area contributed by atoms with Crippen LogP contribution in [0.1, 0.15) is 17.5 Å². The molecule has 0 aromatic heterocycles. The minimum absolute atomic E-state index is 0.0184. The van der Waals surface area contributed by atoms with Crippen molar-refractivity contribution in [2.75, 3.05) is 0 Å². The highest BCUT2D eigenvalue weighted by molar-refractivity contribution is 5.36. The van der Waals surface area contributed by atoms with Crippen LogP contribution in [0, 0.1) is 0 Å². The van der Waals surface area contributed by atoms with Gasteiger partial charge in [0.1, 0.15) is 0 Å². The first-order valence-corrected chi connectivity index (χ1v) is 4.46. The molecule has 2 atom stereocenters. The number of halogens is 4. The van der Waals surface area contributed by atoms with E-state index in [1.807, 2.05) is 0 Å². The standard InChI is InChI=1S/C10H9F4N/c11-9(5-8(9)15)6-2-1-3-7(4-6)10(12,13)14/h1-4,8H,5,15H2/t8-,9-/m0/s1. The van der Waals surface area contributed by atoms with Crippen LogP contribution in [0.25, 0.3) is 0 Å². The number of hydrogen-bond acceptors (Lipinski definition) is 1. The Hall–Kier alpha value is -1.10. The van der Waals surface area contributed by atoms with Crippen molar-refractivity contribution < 1.29 is 17.6 Å². The molecule has 0 spiro atoms. The van der Waals surface area contributed by atoms with Gasteiger partial charge in [-0.2, -0.15) is 13.2 Å². The first-order chi connectivity index (χ1) is 6.84. The van der Waals surface area contributed by atoms with E-state index in [1.165, 1.54) is 12.1 Å². The molecule has 0 bridgehead atoms. The first-order valence-electron chi connectivity index (χ1n) is 4.46. The van der Waals surface area contributed by atoms with Crippen LogP contribution in [0.4, 0.5) is 17.6 Å². The quantitative estimate of drug-likeness (QED) is 0.722. The Morgan fingerprint density at radius 1 is 1.33 bits per heavy atom. The minimum atomic E-state index is -4.44. The lowest BCUT2D eigenvalue weighted by Crippen LogP contribution is -2.14. The Kier molecular flexibility index (Phi) is 2.05. The molecule has 1 nitrogen and oxygen atoms in total. The molecule has 1 aliphatic carbocycles. The third-order valence-corrected chi connectivity index (χ3v) is 2.61. The van der Waals surface area contributed by atoms with Gasteiger partial charge in [-0.05, 0) is 17.7 Å². The fraction of sp³-hybridized carbons (Fsp3) is 0.400. The molecule has 0 heterocycles. The van der Waals surface area contributed by atoms with Gasteiger partial charge in [0.25, 0.3) is 0 Å². The fourth-order valence-electron chi connectivity index (χ4n) is 1.55. The molecule has 1 saturated carbocycles. The number of nitrogens with two attached hydrogens (primary N) is 1. The highest BCUT2D eigenvalue weighted by Gasteiger charge is 2.54. The summed E-state index contributed by atoms with van der Waals surface area (Å²) in [6.07, 6.45) is -4.35. The minimum Gasteiger partial charge on any atom is -0.325 e. The molecule has 0 radical (unpaired) electrons. The third-order valence-electron chi connectivity index (χ3n) is 2.61. The second-order valence-electron chi connectivity index (χ2n) is 3.75. The van der Waals surface area contributed by atoms with Crippen molar-refractivity contribution in [2.45, 2.75) is 24.3 Å². The van der Waals surface area contributed by atoms with Gasteiger partial charge in [-0.1, -0.05) is 12.1 Å². The Morgan fingerprint density at radius 2 is 1.93 bits per heavy atom. The van der Waals surface area contributed by atoms with Crippen molar-refractivity contribution in [2.24, 2.45) is 5.73 Å². The summed E-state index contributed by atoms with van der Waals surface area (Å²) >= 11 is 0. The van der Waals surface area contributed by atoms with Crippen molar-refractivity contribution >= 4 is 0 Å². The van der Waals surface area contributed by atoms with Crippen molar-refractivity contribution in [3.63, 3.8) is 0 Å². The van der Waals surface area contributed by atoms with E-state index >= 15 is 0 Å². The molecule has 1 fully saturated rings. The maximum Gasteiger partial charge on any atom is 0.416 e. The van der Waals surface area contributed by atoms with Crippen LogP contribution in [-0.2, 0) is 11.8 Å². The summed E-state index contributed by atoms with van der Waals surface area (Å²) in [5, 5.41) is 0. The van der Waals surface area contributed by atoms with E-state index in [2.05, 4.69) is 0 Å². The summed E-state index contributed by atoms with van der Waals surface area (Å²) in [6.45, 7) is 0. The van der Waals surface area contributed by atoms with Gasteiger partial charge in [0, 0.05) is 12.5 Å². The molecule has 0 unspecified atom stereocenters. The van der Waals surface area contributed by atoms with Crippen LogP contribution in [0.3, 0.4) is 0 Å². The lowest BCUT2D eigenvalue weighted by atomic mass is 10.0. The fourth-order valence-corrected chi connectivity index (χ4v) is 1.55. The molecule has 1 aliphatic rings. The normalized spacial score (nSPS) is 30.3. The van der Waals surface area contributed by atoms with Gasteiger partial charge in [0.15, 0.2) is 5.67 Å². The van der Waals surface area contributed by atoms with Gasteiger partial charge >= 0.3 is 6.18 Å². The molecule has 0 saturated heterocycles. The SMILES string of the molecule is N[C@H]1C[C@]1(F)c1cccc(C(F)(F)F)c1. The largest absolute Gasteiger partial charge is 0.416 e. The van der Waals surface area contributed by atoms with Gasteiger partial charge in [-0.15, -0.1) is 0 Å². The highest BCUT2D eigenvalue weighted by Crippen LogP contribution is 2.49. The van der Waals surface area contributed by atoms with Gasteiger partial charge in [-0.3, -0.25) is 0 Å². The van der Waals surface area contributed by atoms with Crippen LogP contribution in [-0.4, -0.2) is 6.04 Å². The van der Waals surface area contributed by atoms with Crippen molar-refractivity contribution in [1.82, 2.24) is 0 Å². The van der Waals surface area contributed by atoms with E-state index in [0.717, 1.165) is 12.1 Å². The molecular formula is C10H9F4N. The zero-order chi connectivity index (χ0) is 11.3. The topological polar surface area (TPSA) is 26.0 Å². The molecular weight excluding hydrogens is 210 g/mol. The summed E-state index contributed by atoms with van der Waals surface area (Å²) in [5.41, 5.74) is 2.75. The second kappa shape index (κ2) is 2.95. The van der Waals surface area contributed by atoms with Crippen LogP contribution < -0.4 is 5.73 Å². The molecule has 5 heteroatoms. The van der Waals surface area contributed by atoms with E-state index in [-0.39, 0.29) is 12.0 Å². The zero-order valence-corrected chi connectivity index (χ0v) is 7.68. The van der Waals surface area contributed by atoms with Gasteiger partial charge in [0.05, 0.1) is 5.56 Å². The summed E-state index contributed by atoms with van der Waals surface area (Å²) < 4.78 is 50.7. The summed E-state index contributed by atoms with van der Waals surface area (Å²) in [7, 11) is 0. The van der Waals surface area contributed by atoms with E-state index in [9.17, 15) is 17.6 Å². The monoisotopic (exact) mass is 219 g/mol. The zero-order valence-electron chi connectivity index (χ0n) is 7.68. The van der Waals surface area contributed by atoms with Gasteiger partial charge in [-0.25, -0.2) is 4.39 Å². The van der Waals surface area contributed by atoms with Crippen molar-refractivity contribution in [3.8, 4) is 0 Å². The predicted octanol–water partition coefficient (Wildman–Crippen LogP) is 2.60. The lowest BCUT2D eigenvalue weighted by Gasteiger charge is -2.11. The summed E-state index contributed by atoms with van der Waals surface area (Å²) in [5.74, 6) is 0. The second-order valence-corrected chi connectivity index (χ2v) is 3.75. The molecule has 0 aliphatic heterocycles. The van der Waals surface area contributed by atoms with E-state index in [4.69, 9.17) is 5.73 Å². The maximum atomic E-state index is 13.7. The Balaban J connectivity index is 2.36. The third kappa shape index (κ3) is 1.71. The smallest absolute Gasteiger partial charge is 0.325 e. The first kappa shape index (κ1) is 10.4. The maximum absolute atomic E-state index is 13.7. The number of hydrogen-bond donors (Lipinski definition) is 1. The number of alkyl halides is 4. The van der Waals surface area contributed by atoms with Gasteiger partial charge in [0.2, 0.25) is 0 Å².